The van der Waals surface area contributed by atoms with E-state index in [2.05, 4.69) is 4.72 Å². The normalized spacial score (nSPS) is 16.0. The van der Waals surface area contributed by atoms with Crippen molar-refractivity contribution >= 4 is 27.3 Å². The number of likely N-dealkylation sites (tertiary alicyclic amines) is 1. The third kappa shape index (κ3) is 4.47. The molecule has 3 aromatic rings. The summed E-state index contributed by atoms with van der Waals surface area (Å²) in [6.07, 6.45) is 1.82. The molecule has 1 amide bonds. The Morgan fingerprint density at radius 2 is 1.72 bits per heavy atom. The second-order valence-corrected chi connectivity index (χ2v) is 9.19. The second kappa shape index (κ2) is 8.80. The van der Waals surface area contributed by atoms with Crippen molar-refractivity contribution in [2.45, 2.75) is 23.8 Å². The number of amides is 1. The molecule has 1 N–H and O–H groups in total. The molecular formula is C23H21N3O5S. The van der Waals surface area contributed by atoms with Crippen molar-refractivity contribution in [2.75, 3.05) is 11.3 Å². The topological polar surface area (TPSA) is 110 Å². The van der Waals surface area contributed by atoms with Crippen LogP contribution < -0.4 is 4.72 Å². The summed E-state index contributed by atoms with van der Waals surface area (Å²) < 4.78 is 27.6. The third-order valence-corrected chi connectivity index (χ3v) is 6.80. The zero-order valence-electron chi connectivity index (χ0n) is 17.0. The van der Waals surface area contributed by atoms with E-state index >= 15 is 0 Å². The molecule has 4 rings (SSSR count). The maximum Gasteiger partial charge on any atom is 0.270 e. The zero-order chi connectivity index (χ0) is 22.7. The maximum absolute atomic E-state index is 13.1. The predicted molar refractivity (Wildman–Crippen MR) is 120 cm³/mol. The van der Waals surface area contributed by atoms with E-state index in [9.17, 15) is 23.3 Å². The number of hydrogen-bond donors (Lipinski definition) is 1. The molecule has 1 atom stereocenters. The highest BCUT2D eigenvalue weighted by atomic mass is 32.2. The van der Waals surface area contributed by atoms with Gasteiger partial charge in [-0.15, -0.1) is 0 Å². The Labute approximate surface area is 185 Å². The van der Waals surface area contributed by atoms with Crippen LogP contribution in [0.2, 0.25) is 0 Å². The van der Waals surface area contributed by atoms with Crippen LogP contribution in [0.5, 0.6) is 0 Å². The Morgan fingerprint density at radius 3 is 2.41 bits per heavy atom. The van der Waals surface area contributed by atoms with Crippen molar-refractivity contribution in [3.05, 3.63) is 100 Å². The van der Waals surface area contributed by atoms with Gasteiger partial charge < -0.3 is 4.90 Å². The van der Waals surface area contributed by atoms with Crippen LogP contribution in [-0.4, -0.2) is 30.7 Å². The first-order valence-electron chi connectivity index (χ1n) is 10.1. The van der Waals surface area contributed by atoms with Gasteiger partial charge in [-0.25, -0.2) is 8.42 Å². The van der Waals surface area contributed by atoms with Crippen LogP contribution in [0.15, 0.2) is 83.8 Å². The third-order valence-electron chi connectivity index (χ3n) is 5.42. The largest absolute Gasteiger partial charge is 0.332 e. The van der Waals surface area contributed by atoms with Gasteiger partial charge in [0.2, 0.25) is 0 Å². The van der Waals surface area contributed by atoms with E-state index in [-0.39, 0.29) is 28.2 Å². The molecule has 164 valence electrons. The monoisotopic (exact) mass is 451 g/mol. The molecule has 8 nitrogen and oxygen atoms in total. The summed E-state index contributed by atoms with van der Waals surface area (Å²) in [6, 6.07) is 20.9. The minimum atomic E-state index is -4.01. The van der Waals surface area contributed by atoms with Crippen LogP contribution in [0.4, 0.5) is 11.4 Å². The lowest BCUT2D eigenvalue weighted by Gasteiger charge is -2.25. The highest BCUT2D eigenvalue weighted by molar-refractivity contribution is 7.92. The van der Waals surface area contributed by atoms with Crippen LogP contribution in [0.3, 0.4) is 0 Å². The van der Waals surface area contributed by atoms with Crippen LogP contribution in [0.25, 0.3) is 0 Å². The number of hydrogen-bond acceptors (Lipinski definition) is 5. The Bertz CT molecular complexity index is 1240. The smallest absolute Gasteiger partial charge is 0.270 e. The number of benzene rings is 3. The van der Waals surface area contributed by atoms with E-state index in [0.29, 0.717) is 12.1 Å². The first-order chi connectivity index (χ1) is 15.3. The van der Waals surface area contributed by atoms with Crippen LogP contribution in [0.1, 0.15) is 34.8 Å². The Morgan fingerprint density at radius 1 is 1.00 bits per heavy atom. The Balaban J connectivity index is 1.50. The van der Waals surface area contributed by atoms with Crippen LogP contribution in [-0.2, 0) is 10.0 Å². The SMILES string of the molecule is O=C(c1ccc(NS(=O)(=O)c2cccc([N+](=O)[O-])c2)cc1)N1CCCC1c1ccccc1. The fourth-order valence-electron chi connectivity index (χ4n) is 3.86. The number of nitrogens with one attached hydrogen (secondary N) is 1. The van der Waals surface area contributed by atoms with Gasteiger partial charge in [0.25, 0.3) is 21.6 Å². The Kier molecular flexibility index (Phi) is 5.91. The Hall–Kier alpha value is -3.72. The molecular weight excluding hydrogens is 430 g/mol. The molecule has 3 aromatic carbocycles. The molecule has 0 saturated carbocycles. The summed E-state index contributed by atoms with van der Waals surface area (Å²) in [5, 5.41) is 10.9. The number of anilines is 1. The summed E-state index contributed by atoms with van der Waals surface area (Å²) in [5.41, 5.74) is 1.51. The van der Waals surface area contributed by atoms with Gasteiger partial charge in [0.05, 0.1) is 15.9 Å². The first kappa shape index (κ1) is 21.5. The number of carbonyl (C=O) groups excluding carboxylic acids is 1. The molecule has 0 bridgehead atoms. The van der Waals surface area contributed by atoms with Crippen molar-refractivity contribution in [1.82, 2.24) is 4.90 Å². The van der Waals surface area contributed by atoms with Gasteiger partial charge in [-0.2, -0.15) is 0 Å². The number of nitro benzene ring substituents is 1. The number of carbonyl (C=O) groups is 1. The van der Waals surface area contributed by atoms with E-state index in [1.807, 2.05) is 35.2 Å². The molecule has 1 aliphatic rings. The molecule has 9 heteroatoms. The van der Waals surface area contributed by atoms with Gasteiger partial charge in [-0.1, -0.05) is 36.4 Å². The van der Waals surface area contributed by atoms with E-state index in [0.717, 1.165) is 24.5 Å². The first-order valence-corrected chi connectivity index (χ1v) is 11.6. The van der Waals surface area contributed by atoms with Gasteiger partial charge in [0.15, 0.2) is 0 Å². The molecule has 0 aliphatic carbocycles. The summed E-state index contributed by atoms with van der Waals surface area (Å²) in [6.45, 7) is 0.666. The lowest BCUT2D eigenvalue weighted by Crippen LogP contribution is -2.30. The van der Waals surface area contributed by atoms with Gasteiger partial charge in [-0.05, 0) is 48.7 Å². The fourth-order valence-corrected chi connectivity index (χ4v) is 4.95. The van der Waals surface area contributed by atoms with Crippen LogP contribution >= 0.6 is 0 Å². The zero-order valence-corrected chi connectivity index (χ0v) is 17.9. The minimum Gasteiger partial charge on any atom is -0.332 e. The van der Waals surface area contributed by atoms with E-state index in [4.69, 9.17) is 0 Å². The fraction of sp³-hybridized carbons (Fsp3) is 0.174. The number of nitro groups is 1. The predicted octanol–water partition coefficient (Wildman–Crippen LogP) is 4.37. The summed E-state index contributed by atoms with van der Waals surface area (Å²) >= 11 is 0. The van der Waals surface area contributed by atoms with Gasteiger partial charge in [0.1, 0.15) is 0 Å². The highest BCUT2D eigenvalue weighted by Gasteiger charge is 2.30. The molecule has 1 fully saturated rings. The molecule has 1 unspecified atom stereocenters. The van der Waals surface area contributed by atoms with Crippen molar-refractivity contribution in [2.24, 2.45) is 0 Å². The summed E-state index contributed by atoms with van der Waals surface area (Å²) in [7, 11) is -4.01. The lowest BCUT2D eigenvalue weighted by atomic mass is 10.0. The number of sulfonamides is 1. The van der Waals surface area contributed by atoms with Crippen molar-refractivity contribution < 1.29 is 18.1 Å². The molecule has 0 spiro atoms. The van der Waals surface area contributed by atoms with E-state index < -0.39 is 14.9 Å². The maximum atomic E-state index is 13.1. The minimum absolute atomic E-state index is 0.0238. The van der Waals surface area contributed by atoms with Gasteiger partial charge in [-0.3, -0.25) is 19.6 Å². The number of non-ortho nitro benzene ring substituents is 1. The summed E-state index contributed by atoms with van der Waals surface area (Å²) in [5.74, 6) is -0.107. The van der Waals surface area contributed by atoms with Crippen molar-refractivity contribution in [3.63, 3.8) is 0 Å². The molecule has 0 radical (unpaired) electrons. The standard InChI is InChI=1S/C23H21N3O5S/c27-23(25-15-5-10-22(25)17-6-2-1-3-7-17)18-11-13-19(14-12-18)24-32(30,31)21-9-4-8-20(16-21)26(28)29/h1-4,6-9,11-14,16,22,24H,5,10,15H2. The summed E-state index contributed by atoms with van der Waals surface area (Å²) in [4.78, 5) is 25.0. The van der Waals surface area contributed by atoms with Gasteiger partial charge in [0, 0.05) is 29.9 Å². The highest BCUT2D eigenvalue weighted by Crippen LogP contribution is 2.33. The quantitative estimate of drug-likeness (QED) is 0.442. The average molecular weight is 452 g/mol. The number of nitrogens with zero attached hydrogens (tertiary/aromatic N) is 2. The van der Waals surface area contributed by atoms with E-state index in [1.165, 1.54) is 30.3 Å². The molecule has 32 heavy (non-hydrogen) atoms. The molecule has 1 heterocycles. The molecule has 0 aromatic heterocycles. The van der Waals surface area contributed by atoms with E-state index in [1.54, 1.807) is 12.1 Å². The molecule has 1 saturated heterocycles. The number of rotatable bonds is 6. The van der Waals surface area contributed by atoms with Crippen molar-refractivity contribution in [1.29, 1.82) is 0 Å². The van der Waals surface area contributed by atoms with Crippen LogP contribution in [0, 0.1) is 10.1 Å². The average Bonchev–Trinajstić information content (AvgIpc) is 3.29. The molecule has 1 aliphatic heterocycles. The van der Waals surface area contributed by atoms with Gasteiger partial charge >= 0.3 is 0 Å². The second-order valence-electron chi connectivity index (χ2n) is 7.50. The van der Waals surface area contributed by atoms with Crippen molar-refractivity contribution in [3.8, 4) is 0 Å². The lowest BCUT2D eigenvalue weighted by molar-refractivity contribution is -0.385.